The number of nitrogens with one attached hydrogen (secondary N) is 2. The zero-order valence-electron chi connectivity index (χ0n) is 21.9. The minimum Gasteiger partial charge on any atom is -0.381 e. The first-order valence-electron chi connectivity index (χ1n) is 14.5. The molecule has 3 heterocycles. The topological polar surface area (TPSA) is 64.7 Å². The molecular formula is C31H37FN4O2. The summed E-state index contributed by atoms with van der Waals surface area (Å²) < 4.78 is 16.0. The number of carbonyl (C=O) groups is 2. The summed E-state index contributed by atoms with van der Waals surface area (Å²) in [6.07, 6.45) is 13.5. The van der Waals surface area contributed by atoms with Crippen LogP contribution in [0.5, 0.6) is 0 Å². The highest BCUT2D eigenvalue weighted by molar-refractivity contribution is 5.90. The van der Waals surface area contributed by atoms with Gasteiger partial charge in [-0.15, -0.1) is 0 Å². The highest BCUT2D eigenvalue weighted by atomic mass is 19.1. The van der Waals surface area contributed by atoms with Gasteiger partial charge in [-0.25, -0.2) is 4.39 Å². The molecule has 3 aliphatic heterocycles. The van der Waals surface area contributed by atoms with E-state index in [4.69, 9.17) is 0 Å². The maximum Gasteiger partial charge on any atom is 0.244 e. The molecule has 1 spiro atoms. The van der Waals surface area contributed by atoms with Gasteiger partial charge in [0.05, 0.1) is 5.54 Å². The smallest absolute Gasteiger partial charge is 0.244 e. The van der Waals surface area contributed by atoms with Crippen LogP contribution in [0.3, 0.4) is 0 Å². The van der Waals surface area contributed by atoms with Gasteiger partial charge < -0.3 is 15.1 Å². The van der Waals surface area contributed by atoms with Gasteiger partial charge in [0.25, 0.3) is 0 Å². The summed E-state index contributed by atoms with van der Waals surface area (Å²) in [4.78, 5) is 30.4. The second-order valence-corrected chi connectivity index (χ2v) is 12.1. The third-order valence-electron chi connectivity index (χ3n) is 9.52. The van der Waals surface area contributed by atoms with E-state index in [0.717, 1.165) is 80.4 Å². The second-order valence-electron chi connectivity index (χ2n) is 12.1. The van der Waals surface area contributed by atoms with E-state index in [2.05, 4.69) is 41.0 Å². The number of fused-ring (bicyclic) bond motifs is 1. The first kappa shape index (κ1) is 24.1. The van der Waals surface area contributed by atoms with Gasteiger partial charge in [0.15, 0.2) is 0 Å². The number of benzene rings is 1. The van der Waals surface area contributed by atoms with Crippen molar-refractivity contribution >= 4 is 29.2 Å². The maximum absolute atomic E-state index is 16.0. The molecule has 3 atom stereocenters. The molecule has 4 fully saturated rings. The number of carbonyl (C=O) groups excluding carboxylic acids is 2. The van der Waals surface area contributed by atoms with Crippen LogP contribution in [0.1, 0.15) is 62.5 Å². The molecule has 2 amide bonds. The lowest BCUT2D eigenvalue weighted by Crippen LogP contribution is -2.46. The van der Waals surface area contributed by atoms with Crippen molar-refractivity contribution in [2.45, 2.75) is 69.2 Å². The van der Waals surface area contributed by atoms with Gasteiger partial charge in [-0.1, -0.05) is 49.3 Å². The molecule has 2 unspecified atom stereocenters. The van der Waals surface area contributed by atoms with E-state index >= 15 is 4.39 Å². The molecule has 200 valence electrons. The van der Waals surface area contributed by atoms with Crippen LogP contribution >= 0.6 is 0 Å². The van der Waals surface area contributed by atoms with E-state index in [1.807, 2.05) is 22.0 Å². The molecule has 0 radical (unpaired) electrons. The Hall–Kier alpha value is -2.93. The van der Waals surface area contributed by atoms with Crippen LogP contribution in [0.2, 0.25) is 0 Å². The summed E-state index contributed by atoms with van der Waals surface area (Å²) in [5.74, 6) is 0.880. The van der Waals surface area contributed by atoms with Crippen molar-refractivity contribution in [3.8, 4) is 0 Å². The Balaban J connectivity index is 1.13. The number of halogens is 1. The number of amides is 2. The molecule has 38 heavy (non-hydrogen) atoms. The Bertz CT molecular complexity index is 1240. The Morgan fingerprint density at radius 2 is 1.97 bits per heavy atom. The molecule has 2 saturated carbocycles. The molecule has 6 nitrogen and oxygen atoms in total. The molecular weight excluding hydrogens is 479 g/mol. The average molecular weight is 517 g/mol. The fourth-order valence-electron chi connectivity index (χ4n) is 7.20. The largest absolute Gasteiger partial charge is 0.381 e. The number of nitrogens with zero attached hydrogens (tertiary/aromatic N) is 2. The Kier molecular flexibility index (Phi) is 5.95. The predicted molar refractivity (Wildman–Crippen MR) is 147 cm³/mol. The zero-order chi connectivity index (χ0) is 25.9. The minimum atomic E-state index is -1.15. The van der Waals surface area contributed by atoms with E-state index < -0.39 is 17.9 Å². The second kappa shape index (κ2) is 9.37. The number of rotatable bonds is 5. The first-order chi connectivity index (χ1) is 18.5. The Morgan fingerprint density at radius 3 is 2.76 bits per heavy atom. The van der Waals surface area contributed by atoms with E-state index in [1.165, 1.54) is 0 Å². The normalized spacial score (nSPS) is 29.9. The third-order valence-corrected chi connectivity index (χ3v) is 9.52. The lowest BCUT2D eigenvalue weighted by molar-refractivity contribution is -0.133. The summed E-state index contributed by atoms with van der Waals surface area (Å²) in [6, 6.07) is 6.27. The molecule has 3 aliphatic carbocycles. The van der Waals surface area contributed by atoms with Gasteiger partial charge in [-0.2, -0.15) is 0 Å². The van der Waals surface area contributed by atoms with Gasteiger partial charge in [0, 0.05) is 49.8 Å². The molecule has 7 heteroatoms. The molecule has 1 aromatic carbocycles. The maximum atomic E-state index is 16.0. The van der Waals surface area contributed by atoms with Crippen LogP contribution in [-0.2, 0) is 9.59 Å². The monoisotopic (exact) mass is 516 g/mol. The van der Waals surface area contributed by atoms with Crippen molar-refractivity contribution in [3.63, 3.8) is 0 Å². The van der Waals surface area contributed by atoms with Crippen molar-refractivity contribution in [1.29, 1.82) is 0 Å². The Morgan fingerprint density at radius 1 is 1.13 bits per heavy atom. The summed E-state index contributed by atoms with van der Waals surface area (Å²) in [5, 5.41) is 7.04. The summed E-state index contributed by atoms with van der Waals surface area (Å²) in [7, 11) is 0. The van der Waals surface area contributed by atoms with E-state index in [-0.39, 0.29) is 23.7 Å². The van der Waals surface area contributed by atoms with Crippen molar-refractivity contribution in [3.05, 3.63) is 53.1 Å². The summed E-state index contributed by atoms with van der Waals surface area (Å²) >= 11 is 0. The quantitative estimate of drug-likeness (QED) is 0.605. The van der Waals surface area contributed by atoms with Crippen molar-refractivity contribution < 1.29 is 14.0 Å². The van der Waals surface area contributed by atoms with Crippen LogP contribution in [-0.4, -0.2) is 65.7 Å². The van der Waals surface area contributed by atoms with Crippen LogP contribution in [0.25, 0.3) is 11.6 Å². The van der Waals surface area contributed by atoms with Crippen molar-refractivity contribution in [2.75, 3.05) is 31.5 Å². The van der Waals surface area contributed by atoms with E-state index in [0.29, 0.717) is 25.1 Å². The summed E-state index contributed by atoms with van der Waals surface area (Å²) in [6.45, 7) is 2.87. The van der Waals surface area contributed by atoms with Crippen LogP contribution in [0.4, 0.5) is 10.1 Å². The number of likely N-dealkylation sites (tertiary alicyclic amines) is 1. The highest BCUT2D eigenvalue weighted by Gasteiger charge is 2.54. The zero-order valence-corrected chi connectivity index (χ0v) is 21.9. The molecule has 2 N–H and O–H groups in total. The lowest BCUT2D eigenvalue weighted by Gasteiger charge is -2.32. The third kappa shape index (κ3) is 4.19. The molecule has 0 aromatic heterocycles. The van der Waals surface area contributed by atoms with Gasteiger partial charge in [0.1, 0.15) is 12.3 Å². The SMILES string of the molecule is O=C(C1CC1)N1CC[C@@H](CN2C(=O)C3(CCCC3)NC2C2=CC=C(c3ccc4c(c3)NCC=C4)CC2F)C1. The van der Waals surface area contributed by atoms with Crippen molar-refractivity contribution in [2.24, 2.45) is 11.8 Å². The first-order valence-corrected chi connectivity index (χ1v) is 14.5. The Labute approximate surface area is 224 Å². The van der Waals surface area contributed by atoms with E-state index in [9.17, 15) is 9.59 Å². The van der Waals surface area contributed by atoms with Crippen LogP contribution in [0, 0.1) is 11.8 Å². The number of hydrogen-bond acceptors (Lipinski definition) is 4. The molecule has 6 aliphatic rings. The van der Waals surface area contributed by atoms with Crippen LogP contribution in [0.15, 0.2) is 42.0 Å². The lowest BCUT2D eigenvalue weighted by atomic mass is 9.89. The number of hydrogen-bond donors (Lipinski definition) is 2. The average Bonchev–Trinajstić information content (AvgIpc) is 3.39. The predicted octanol–water partition coefficient (Wildman–Crippen LogP) is 4.51. The van der Waals surface area contributed by atoms with Crippen molar-refractivity contribution in [1.82, 2.24) is 15.1 Å². The summed E-state index contributed by atoms with van der Waals surface area (Å²) in [5.41, 5.74) is 4.36. The van der Waals surface area contributed by atoms with E-state index in [1.54, 1.807) is 0 Å². The van der Waals surface area contributed by atoms with Gasteiger partial charge in [0.2, 0.25) is 11.8 Å². The van der Waals surface area contributed by atoms with Crippen LogP contribution < -0.4 is 10.6 Å². The van der Waals surface area contributed by atoms with Gasteiger partial charge in [-0.3, -0.25) is 14.9 Å². The highest BCUT2D eigenvalue weighted by Crippen LogP contribution is 2.42. The van der Waals surface area contributed by atoms with Gasteiger partial charge >= 0.3 is 0 Å². The number of anilines is 1. The molecule has 0 bridgehead atoms. The molecule has 7 rings (SSSR count). The molecule has 1 aromatic rings. The fraction of sp³-hybridized carbons (Fsp3) is 0.548. The molecule has 2 saturated heterocycles. The fourth-order valence-corrected chi connectivity index (χ4v) is 7.20. The minimum absolute atomic E-state index is 0.128. The van der Waals surface area contributed by atoms with Gasteiger partial charge in [-0.05, 0) is 60.8 Å². The standard InChI is InChI=1S/C31H37FN4O2/c32-26-16-23(24-8-5-21-4-3-14-33-27(21)17-24)9-10-25(26)28-34-31(12-1-2-13-31)30(38)36(28)19-20-11-15-35(18-20)29(37)22-6-7-22/h3-5,8-10,17,20,22,26,28,33-34H,1-2,6-7,11-16,18-19H2/t20-,26?,28?/m1/s1. The number of alkyl halides is 1. The number of allylic oxidation sites excluding steroid dienone is 3.